The number of furan rings is 1. The zero-order valence-corrected chi connectivity index (χ0v) is 17.1. The number of hydrogen-bond donors (Lipinski definition) is 1. The van der Waals surface area contributed by atoms with Crippen LogP contribution in [0.25, 0.3) is 11.3 Å². The molecule has 1 aliphatic rings. The van der Waals surface area contributed by atoms with E-state index in [0.717, 1.165) is 12.1 Å². The molecular formula is C25H27FN2O2. The highest BCUT2D eigenvalue weighted by Gasteiger charge is 2.12. The summed E-state index contributed by atoms with van der Waals surface area (Å²) in [5, 5.41) is 2.96. The van der Waals surface area contributed by atoms with Gasteiger partial charge in [0, 0.05) is 25.9 Å². The molecule has 3 aromatic rings. The molecule has 2 aromatic carbocycles. The van der Waals surface area contributed by atoms with Crippen LogP contribution in [0.2, 0.25) is 0 Å². The molecule has 0 radical (unpaired) electrons. The molecule has 1 amide bonds. The topological polar surface area (TPSA) is 45.5 Å². The third-order valence-corrected chi connectivity index (χ3v) is 5.52. The first-order chi connectivity index (χ1) is 14.7. The van der Waals surface area contributed by atoms with Crippen molar-refractivity contribution in [1.82, 2.24) is 10.2 Å². The van der Waals surface area contributed by atoms with Gasteiger partial charge in [-0.25, -0.2) is 4.39 Å². The highest BCUT2D eigenvalue weighted by atomic mass is 19.1. The van der Waals surface area contributed by atoms with Crippen molar-refractivity contribution in [3.05, 3.63) is 83.4 Å². The molecule has 156 valence electrons. The largest absolute Gasteiger partial charge is 0.461 e. The minimum absolute atomic E-state index is 0.0278. The first-order valence-corrected chi connectivity index (χ1v) is 10.6. The summed E-state index contributed by atoms with van der Waals surface area (Å²) in [7, 11) is 0. The Morgan fingerprint density at radius 3 is 2.47 bits per heavy atom. The lowest BCUT2D eigenvalue weighted by Crippen LogP contribution is -2.23. The van der Waals surface area contributed by atoms with E-state index in [-0.39, 0.29) is 11.7 Å². The summed E-state index contributed by atoms with van der Waals surface area (Å²) in [4.78, 5) is 14.7. The predicted octanol–water partition coefficient (Wildman–Crippen LogP) is 4.93. The van der Waals surface area contributed by atoms with E-state index in [1.807, 2.05) is 0 Å². The Kier molecular flexibility index (Phi) is 6.60. The second-order valence-corrected chi connectivity index (χ2v) is 7.82. The molecule has 1 N–H and O–H groups in total. The Bertz CT molecular complexity index is 975. The highest BCUT2D eigenvalue weighted by Crippen LogP contribution is 2.25. The second kappa shape index (κ2) is 9.72. The smallest absolute Gasteiger partial charge is 0.220 e. The number of halogens is 1. The van der Waals surface area contributed by atoms with Gasteiger partial charge in [0.05, 0.1) is 5.56 Å². The van der Waals surface area contributed by atoms with Gasteiger partial charge in [-0.3, -0.25) is 9.69 Å². The van der Waals surface area contributed by atoms with Crippen LogP contribution in [-0.4, -0.2) is 23.9 Å². The average Bonchev–Trinajstić information content (AvgIpc) is 3.44. The molecule has 4 rings (SSSR count). The summed E-state index contributed by atoms with van der Waals surface area (Å²) in [5.74, 6) is 0.815. The first kappa shape index (κ1) is 20.4. The summed E-state index contributed by atoms with van der Waals surface area (Å²) < 4.78 is 19.6. The maximum atomic E-state index is 13.9. The molecule has 5 heteroatoms. The van der Waals surface area contributed by atoms with Crippen molar-refractivity contribution >= 4 is 5.91 Å². The molecule has 0 aliphatic carbocycles. The van der Waals surface area contributed by atoms with Gasteiger partial charge in [-0.15, -0.1) is 0 Å². The van der Waals surface area contributed by atoms with E-state index in [2.05, 4.69) is 34.5 Å². The molecule has 1 saturated heterocycles. The third-order valence-electron chi connectivity index (χ3n) is 5.52. The van der Waals surface area contributed by atoms with Crippen LogP contribution in [0.5, 0.6) is 0 Å². The van der Waals surface area contributed by atoms with E-state index in [1.165, 1.54) is 37.6 Å². The van der Waals surface area contributed by atoms with Crippen LogP contribution in [0.15, 0.2) is 65.1 Å². The fourth-order valence-electron chi connectivity index (χ4n) is 3.81. The molecule has 1 fully saturated rings. The van der Waals surface area contributed by atoms with Crippen LogP contribution in [0.4, 0.5) is 4.39 Å². The van der Waals surface area contributed by atoms with Crippen molar-refractivity contribution in [1.29, 1.82) is 0 Å². The lowest BCUT2D eigenvalue weighted by Gasteiger charge is -2.14. The van der Waals surface area contributed by atoms with Crippen molar-refractivity contribution in [3.8, 4) is 11.3 Å². The number of benzene rings is 2. The molecule has 30 heavy (non-hydrogen) atoms. The monoisotopic (exact) mass is 406 g/mol. The molecule has 4 nitrogen and oxygen atoms in total. The van der Waals surface area contributed by atoms with Gasteiger partial charge in [0.1, 0.15) is 17.3 Å². The van der Waals surface area contributed by atoms with Crippen molar-refractivity contribution in [3.63, 3.8) is 0 Å². The minimum atomic E-state index is -0.317. The van der Waals surface area contributed by atoms with E-state index in [0.29, 0.717) is 36.5 Å². The van der Waals surface area contributed by atoms with E-state index in [1.54, 1.807) is 30.3 Å². The van der Waals surface area contributed by atoms with Gasteiger partial charge in [0.15, 0.2) is 0 Å². The van der Waals surface area contributed by atoms with Crippen LogP contribution < -0.4 is 5.32 Å². The van der Waals surface area contributed by atoms with E-state index in [9.17, 15) is 9.18 Å². The normalized spacial score (nSPS) is 14.2. The van der Waals surface area contributed by atoms with Crippen LogP contribution in [-0.2, 0) is 24.3 Å². The number of likely N-dealkylation sites (tertiary alicyclic amines) is 1. The van der Waals surface area contributed by atoms with E-state index in [4.69, 9.17) is 4.42 Å². The fourth-order valence-corrected chi connectivity index (χ4v) is 3.81. The molecule has 1 aromatic heterocycles. The van der Waals surface area contributed by atoms with Gasteiger partial charge in [-0.05, 0) is 61.3 Å². The maximum Gasteiger partial charge on any atom is 0.220 e. The SMILES string of the molecule is O=C(CCc1ccc(-c2ccccc2F)o1)NCc1ccc(CN2CCCC2)cc1. The highest BCUT2D eigenvalue weighted by molar-refractivity contribution is 5.76. The van der Waals surface area contributed by atoms with Crippen LogP contribution in [0.1, 0.15) is 36.1 Å². The molecule has 0 unspecified atom stereocenters. The molecule has 0 bridgehead atoms. The first-order valence-electron chi connectivity index (χ1n) is 10.6. The van der Waals surface area contributed by atoms with Gasteiger partial charge in [-0.1, -0.05) is 36.4 Å². The van der Waals surface area contributed by atoms with Crippen molar-refractivity contribution in [2.75, 3.05) is 13.1 Å². The number of nitrogens with zero attached hydrogens (tertiary/aromatic N) is 1. The predicted molar refractivity (Wildman–Crippen MR) is 115 cm³/mol. The quantitative estimate of drug-likeness (QED) is 0.577. The lowest BCUT2D eigenvalue weighted by molar-refractivity contribution is -0.121. The summed E-state index contributed by atoms with van der Waals surface area (Å²) in [5.41, 5.74) is 2.84. The Balaban J connectivity index is 1.22. The number of carbonyl (C=O) groups excluding carboxylic acids is 1. The molecule has 0 spiro atoms. The average molecular weight is 407 g/mol. The zero-order chi connectivity index (χ0) is 20.8. The summed E-state index contributed by atoms with van der Waals surface area (Å²) >= 11 is 0. The maximum absolute atomic E-state index is 13.9. The standard InChI is InChI=1S/C25H27FN2O2/c26-23-6-2-1-5-22(23)24-13-11-21(30-24)12-14-25(29)27-17-19-7-9-20(10-8-19)18-28-15-3-4-16-28/h1-2,5-11,13H,3-4,12,14-18H2,(H,27,29). The number of rotatable bonds is 8. The van der Waals surface area contributed by atoms with Crippen LogP contribution >= 0.6 is 0 Å². The van der Waals surface area contributed by atoms with Crippen LogP contribution in [0, 0.1) is 5.82 Å². The Hall–Kier alpha value is -2.92. The van der Waals surface area contributed by atoms with Gasteiger partial charge < -0.3 is 9.73 Å². The Morgan fingerprint density at radius 2 is 1.70 bits per heavy atom. The number of nitrogens with one attached hydrogen (secondary N) is 1. The van der Waals surface area contributed by atoms with Gasteiger partial charge >= 0.3 is 0 Å². The van der Waals surface area contributed by atoms with E-state index >= 15 is 0 Å². The Labute approximate surface area is 176 Å². The number of amides is 1. The molecular weight excluding hydrogens is 379 g/mol. The zero-order valence-electron chi connectivity index (χ0n) is 17.1. The fraction of sp³-hybridized carbons (Fsp3) is 0.320. The van der Waals surface area contributed by atoms with Crippen LogP contribution in [0.3, 0.4) is 0 Å². The van der Waals surface area contributed by atoms with Crippen molar-refractivity contribution in [2.24, 2.45) is 0 Å². The Morgan fingerprint density at radius 1 is 0.967 bits per heavy atom. The lowest BCUT2D eigenvalue weighted by atomic mass is 10.1. The second-order valence-electron chi connectivity index (χ2n) is 7.82. The number of hydrogen-bond acceptors (Lipinski definition) is 3. The summed E-state index contributed by atoms with van der Waals surface area (Å²) in [6, 6.07) is 18.5. The molecule has 0 saturated carbocycles. The molecule has 1 aliphatic heterocycles. The van der Waals surface area contributed by atoms with Gasteiger partial charge in [0.25, 0.3) is 0 Å². The molecule has 0 atom stereocenters. The molecule has 2 heterocycles. The van der Waals surface area contributed by atoms with E-state index < -0.39 is 0 Å². The number of carbonyl (C=O) groups is 1. The summed E-state index contributed by atoms with van der Waals surface area (Å²) in [6.45, 7) is 3.90. The minimum Gasteiger partial charge on any atom is -0.461 e. The third kappa shape index (κ3) is 5.36. The van der Waals surface area contributed by atoms with Crippen molar-refractivity contribution in [2.45, 2.75) is 38.8 Å². The van der Waals surface area contributed by atoms with Crippen molar-refractivity contribution < 1.29 is 13.6 Å². The van der Waals surface area contributed by atoms with Gasteiger partial charge in [-0.2, -0.15) is 0 Å². The van der Waals surface area contributed by atoms with Gasteiger partial charge in [0.2, 0.25) is 5.91 Å². The summed E-state index contributed by atoms with van der Waals surface area (Å²) in [6.07, 6.45) is 3.41. The number of aryl methyl sites for hydroxylation is 1.